The van der Waals surface area contributed by atoms with Crippen LogP contribution in [0.2, 0.25) is 0 Å². The van der Waals surface area contributed by atoms with Crippen LogP contribution < -0.4 is 0 Å². The van der Waals surface area contributed by atoms with Crippen molar-refractivity contribution >= 4 is 0 Å². The minimum absolute atomic E-state index is 0.0388. The van der Waals surface area contributed by atoms with Crippen LogP contribution in [0.15, 0.2) is 42.2 Å². The van der Waals surface area contributed by atoms with Gasteiger partial charge in [-0.1, -0.05) is 30.3 Å². The van der Waals surface area contributed by atoms with Crippen molar-refractivity contribution in [1.82, 2.24) is 0 Å². The van der Waals surface area contributed by atoms with Gasteiger partial charge in [-0.25, -0.2) is 4.39 Å². The van der Waals surface area contributed by atoms with E-state index in [-0.39, 0.29) is 13.0 Å². The first-order chi connectivity index (χ1) is 7.24. The molecule has 82 valence electrons. The minimum Gasteiger partial charge on any atom is -0.396 e. The van der Waals surface area contributed by atoms with E-state index < -0.39 is 11.9 Å². The molecule has 15 heavy (non-hydrogen) atoms. The minimum atomic E-state index is -1.18. The fourth-order valence-electron chi connectivity index (χ4n) is 1.23. The zero-order valence-electron chi connectivity index (χ0n) is 8.44. The molecule has 0 unspecified atom stereocenters. The Morgan fingerprint density at radius 2 is 2.00 bits per heavy atom. The lowest BCUT2D eigenvalue weighted by Crippen LogP contribution is -2.09. The van der Waals surface area contributed by atoms with Crippen LogP contribution in [0.3, 0.4) is 0 Å². The van der Waals surface area contributed by atoms with Gasteiger partial charge < -0.3 is 10.2 Å². The van der Waals surface area contributed by atoms with Gasteiger partial charge in [-0.2, -0.15) is 0 Å². The number of allylic oxidation sites excluding steroid dienone is 1. The molecule has 0 radical (unpaired) electrons. The van der Waals surface area contributed by atoms with E-state index >= 15 is 0 Å². The lowest BCUT2D eigenvalue weighted by molar-refractivity contribution is 0.140. The molecule has 1 rings (SSSR count). The van der Waals surface area contributed by atoms with E-state index in [0.717, 1.165) is 5.56 Å². The summed E-state index contributed by atoms with van der Waals surface area (Å²) in [5.41, 5.74) is 0.990. The molecule has 0 saturated carbocycles. The SMILES string of the molecule is OCC[C@@H](O)/C(F)=C\Cc1ccccc1. The summed E-state index contributed by atoms with van der Waals surface area (Å²) < 4.78 is 13.2. The number of hydrogen-bond acceptors (Lipinski definition) is 2. The van der Waals surface area contributed by atoms with Crippen molar-refractivity contribution in [3.63, 3.8) is 0 Å². The van der Waals surface area contributed by atoms with Gasteiger partial charge in [0.1, 0.15) is 11.9 Å². The highest BCUT2D eigenvalue weighted by Gasteiger charge is 2.08. The van der Waals surface area contributed by atoms with Gasteiger partial charge in [-0.05, 0) is 18.1 Å². The lowest BCUT2D eigenvalue weighted by Gasteiger charge is -2.05. The number of halogens is 1. The van der Waals surface area contributed by atoms with Gasteiger partial charge in [-0.15, -0.1) is 0 Å². The standard InChI is InChI=1S/C12H15FO2/c13-11(12(15)8-9-14)7-6-10-4-2-1-3-5-10/h1-5,7,12,14-15H,6,8-9H2/b11-7+/t12-/m1/s1. The number of aliphatic hydroxyl groups is 2. The van der Waals surface area contributed by atoms with Gasteiger partial charge in [0.15, 0.2) is 0 Å². The number of aliphatic hydroxyl groups excluding tert-OH is 2. The van der Waals surface area contributed by atoms with Gasteiger partial charge in [-0.3, -0.25) is 0 Å². The Morgan fingerprint density at radius 3 is 2.60 bits per heavy atom. The summed E-state index contributed by atoms with van der Waals surface area (Å²) in [6.07, 6.45) is 0.654. The van der Waals surface area contributed by atoms with Gasteiger partial charge in [0.25, 0.3) is 0 Å². The van der Waals surface area contributed by atoms with Crippen LogP contribution in [0.4, 0.5) is 4.39 Å². The van der Waals surface area contributed by atoms with E-state index in [0.29, 0.717) is 6.42 Å². The maximum Gasteiger partial charge on any atom is 0.125 e. The summed E-state index contributed by atoms with van der Waals surface area (Å²) in [5.74, 6) is -0.576. The quantitative estimate of drug-likeness (QED) is 0.778. The lowest BCUT2D eigenvalue weighted by atomic mass is 10.1. The Bertz CT molecular complexity index is 309. The third kappa shape index (κ3) is 4.23. The molecular weight excluding hydrogens is 195 g/mol. The normalized spacial score (nSPS) is 13.9. The van der Waals surface area contributed by atoms with Gasteiger partial charge >= 0.3 is 0 Å². The van der Waals surface area contributed by atoms with E-state index in [2.05, 4.69) is 0 Å². The van der Waals surface area contributed by atoms with Crippen LogP contribution in [0.25, 0.3) is 0 Å². The molecule has 0 aliphatic carbocycles. The Labute approximate surface area is 88.7 Å². The molecule has 0 bridgehead atoms. The Balaban J connectivity index is 2.50. The van der Waals surface area contributed by atoms with E-state index in [1.807, 2.05) is 30.3 Å². The molecule has 0 fully saturated rings. The third-order valence-corrected chi connectivity index (χ3v) is 2.10. The molecule has 0 saturated heterocycles. The molecule has 0 spiro atoms. The molecule has 0 aliphatic heterocycles. The Hall–Kier alpha value is -1.19. The van der Waals surface area contributed by atoms with Gasteiger partial charge in [0, 0.05) is 13.0 Å². The molecule has 2 nitrogen and oxygen atoms in total. The van der Waals surface area contributed by atoms with Crippen LogP contribution in [-0.4, -0.2) is 22.9 Å². The Kier molecular flexibility index (Phi) is 5.01. The molecule has 1 atom stereocenters. The smallest absolute Gasteiger partial charge is 0.125 e. The third-order valence-electron chi connectivity index (χ3n) is 2.10. The maximum absolute atomic E-state index is 13.2. The number of benzene rings is 1. The highest BCUT2D eigenvalue weighted by atomic mass is 19.1. The first kappa shape index (κ1) is 11.9. The zero-order valence-corrected chi connectivity index (χ0v) is 8.44. The summed E-state index contributed by atoms with van der Waals surface area (Å²) >= 11 is 0. The molecule has 1 aromatic carbocycles. The van der Waals surface area contributed by atoms with Crippen LogP contribution >= 0.6 is 0 Å². The predicted molar refractivity (Wildman–Crippen MR) is 57.0 cm³/mol. The number of rotatable bonds is 5. The van der Waals surface area contributed by atoms with Crippen LogP contribution in [-0.2, 0) is 6.42 Å². The molecule has 0 aromatic heterocycles. The van der Waals surface area contributed by atoms with Crippen molar-refractivity contribution in [2.75, 3.05) is 6.61 Å². The summed E-state index contributed by atoms with van der Waals surface area (Å²) in [6.45, 7) is -0.215. The summed E-state index contributed by atoms with van der Waals surface area (Å²) in [7, 11) is 0. The first-order valence-electron chi connectivity index (χ1n) is 4.92. The molecule has 0 aliphatic rings. The fourth-order valence-corrected chi connectivity index (χ4v) is 1.23. The Morgan fingerprint density at radius 1 is 1.33 bits per heavy atom. The van der Waals surface area contributed by atoms with Crippen molar-refractivity contribution in [3.05, 3.63) is 47.8 Å². The van der Waals surface area contributed by atoms with Crippen molar-refractivity contribution < 1.29 is 14.6 Å². The van der Waals surface area contributed by atoms with Gasteiger partial charge in [0.05, 0.1) is 0 Å². The first-order valence-corrected chi connectivity index (χ1v) is 4.92. The number of hydrogen-bond donors (Lipinski definition) is 2. The topological polar surface area (TPSA) is 40.5 Å². The summed E-state index contributed by atoms with van der Waals surface area (Å²) in [6, 6.07) is 9.44. The highest BCUT2D eigenvalue weighted by molar-refractivity contribution is 5.18. The summed E-state index contributed by atoms with van der Waals surface area (Å²) in [5, 5.41) is 17.7. The molecule has 3 heteroatoms. The van der Waals surface area contributed by atoms with Crippen LogP contribution in [0, 0.1) is 0 Å². The van der Waals surface area contributed by atoms with Crippen molar-refractivity contribution in [1.29, 1.82) is 0 Å². The molecule has 0 heterocycles. The van der Waals surface area contributed by atoms with E-state index in [1.165, 1.54) is 6.08 Å². The van der Waals surface area contributed by atoms with Crippen molar-refractivity contribution in [2.24, 2.45) is 0 Å². The average Bonchev–Trinajstić information content (AvgIpc) is 2.27. The summed E-state index contributed by atoms with van der Waals surface area (Å²) in [4.78, 5) is 0. The largest absolute Gasteiger partial charge is 0.396 e. The van der Waals surface area contributed by atoms with E-state index in [9.17, 15) is 9.50 Å². The second-order valence-electron chi connectivity index (χ2n) is 3.31. The van der Waals surface area contributed by atoms with Crippen LogP contribution in [0.5, 0.6) is 0 Å². The van der Waals surface area contributed by atoms with Crippen LogP contribution in [0.1, 0.15) is 12.0 Å². The average molecular weight is 210 g/mol. The molecular formula is C12H15FO2. The molecule has 1 aromatic rings. The zero-order chi connectivity index (χ0) is 11.1. The highest BCUT2D eigenvalue weighted by Crippen LogP contribution is 2.10. The monoisotopic (exact) mass is 210 g/mol. The van der Waals surface area contributed by atoms with E-state index in [4.69, 9.17) is 5.11 Å². The van der Waals surface area contributed by atoms with E-state index in [1.54, 1.807) is 0 Å². The van der Waals surface area contributed by atoms with Gasteiger partial charge in [0.2, 0.25) is 0 Å². The van der Waals surface area contributed by atoms with Crippen molar-refractivity contribution in [3.8, 4) is 0 Å². The maximum atomic E-state index is 13.2. The second-order valence-corrected chi connectivity index (χ2v) is 3.31. The molecule has 0 amide bonds. The second kappa shape index (κ2) is 6.32. The fraction of sp³-hybridized carbons (Fsp3) is 0.333. The predicted octanol–water partition coefficient (Wildman–Crippen LogP) is 1.83. The molecule has 2 N–H and O–H groups in total. The van der Waals surface area contributed by atoms with Crippen molar-refractivity contribution in [2.45, 2.75) is 18.9 Å².